The van der Waals surface area contributed by atoms with Crippen LogP contribution in [0.15, 0.2) is 0 Å². The molecule has 0 N–H and O–H groups in total. The van der Waals surface area contributed by atoms with Crippen LogP contribution in [0.2, 0.25) is 0 Å². The first-order valence-electron chi connectivity index (χ1n) is 7.67. The summed E-state index contributed by atoms with van der Waals surface area (Å²) in [6, 6.07) is 0. The van der Waals surface area contributed by atoms with Gasteiger partial charge in [-0.1, -0.05) is 62.3 Å². The molecule has 1 nitrogen and oxygen atoms in total. The van der Waals surface area contributed by atoms with Gasteiger partial charge in [0.15, 0.2) is 0 Å². The number of hydrogen-bond acceptors (Lipinski definition) is 1. The minimum atomic E-state index is 0.316. The van der Waals surface area contributed by atoms with E-state index in [0.29, 0.717) is 21.7 Å². The molecule has 2 heteroatoms. The molecule has 0 fully saturated rings. The summed E-state index contributed by atoms with van der Waals surface area (Å²) in [4.78, 5) is 0. The highest BCUT2D eigenvalue weighted by Crippen LogP contribution is 2.48. The predicted molar refractivity (Wildman–Crippen MR) is 90.5 cm³/mol. The average molecular weight is 287 g/mol. The zero-order chi connectivity index (χ0) is 15.5. The van der Waals surface area contributed by atoms with Crippen molar-refractivity contribution in [3.8, 4) is 0 Å². The molecule has 0 atom stereocenters. The highest BCUT2D eigenvalue weighted by atomic mass is 28.2. The molecule has 116 valence electrons. The summed E-state index contributed by atoms with van der Waals surface area (Å²) in [7, 11) is 0.844. The van der Waals surface area contributed by atoms with Crippen LogP contribution in [0.1, 0.15) is 81.6 Å². The third kappa shape index (κ3) is 9.67. The zero-order valence-corrected chi connectivity index (χ0v) is 17.2. The third-order valence-electron chi connectivity index (χ3n) is 3.17. The van der Waals surface area contributed by atoms with E-state index in [9.17, 15) is 0 Å². The van der Waals surface area contributed by atoms with Gasteiger partial charge in [0.25, 0.3) is 0 Å². The highest BCUT2D eigenvalue weighted by Gasteiger charge is 2.40. The van der Waals surface area contributed by atoms with Crippen LogP contribution in [-0.2, 0) is 4.43 Å². The molecular formula is C17H38OSi. The van der Waals surface area contributed by atoms with Crippen LogP contribution in [0.3, 0.4) is 0 Å². The van der Waals surface area contributed by atoms with Crippen LogP contribution in [0, 0.1) is 21.7 Å². The van der Waals surface area contributed by atoms with Crippen molar-refractivity contribution in [2.24, 2.45) is 21.7 Å². The van der Waals surface area contributed by atoms with E-state index in [4.69, 9.17) is 4.43 Å². The Hall–Kier alpha value is 0.177. The second-order valence-corrected chi connectivity index (χ2v) is 10.7. The normalized spacial score (nSPS) is 15.0. The third-order valence-corrected chi connectivity index (χ3v) is 3.46. The molecule has 0 aromatic heterocycles. The van der Waals surface area contributed by atoms with Gasteiger partial charge in [0, 0.05) is 6.61 Å². The fourth-order valence-electron chi connectivity index (χ4n) is 4.02. The Balaban J connectivity index is 5.34. The van der Waals surface area contributed by atoms with Crippen molar-refractivity contribution in [1.82, 2.24) is 0 Å². The van der Waals surface area contributed by atoms with E-state index in [-0.39, 0.29) is 0 Å². The van der Waals surface area contributed by atoms with Gasteiger partial charge in [-0.2, -0.15) is 0 Å². The van der Waals surface area contributed by atoms with Crippen LogP contribution >= 0.6 is 0 Å². The van der Waals surface area contributed by atoms with Crippen LogP contribution in [-0.4, -0.2) is 17.1 Å². The molecule has 0 bridgehead atoms. The van der Waals surface area contributed by atoms with Crippen LogP contribution in [0.5, 0.6) is 0 Å². The average Bonchev–Trinajstić information content (AvgIpc) is 1.90. The van der Waals surface area contributed by atoms with Crippen LogP contribution in [0.4, 0.5) is 0 Å². The fourth-order valence-corrected chi connectivity index (χ4v) is 4.63. The van der Waals surface area contributed by atoms with Crippen molar-refractivity contribution >= 4 is 10.5 Å². The Morgan fingerprint density at radius 2 is 0.895 bits per heavy atom. The topological polar surface area (TPSA) is 9.23 Å². The number of rotatable bonds is 5. The van der Waals surface area contributed by atoms with E-state index >= 15 is 0 Å². The summed E-state index contributed by atoms with van der Waals surface area (Å²) in [6.07, 6.45) is 3.74. The van der Waals surface area contributed by atoms with Crippen molar-refractivity contribution < 1.29 is 4.43 Å². The van der Waals surface area contributed by atoms with Crippen molar-refractivity contribution in [3.63, 3.8) is 0 Å². The van der Waals surface area contributed by atoms with E-state index < -0.39 is 0 Å². The summed E-state index contributed by atoms with van der Waals surface area (Å²) in [5.41, 5.74) is 1.39. The molecule has 0 radical (unpaired) electrons. The first kappa shape index (κ1) is 19.2. The van der Waals surface area contributed by atoms with E-state index in [0.717, 1.165) is 17.1 Å². The highest BCUT2D eigenvalue weighted by molar-refractivity contribution is 5.97. The summed E-state index contributed by atoms with van der Waals surface area (Å²) < 4.78 is 5.78. The molecule has 0 aliphatic heterocycles. The van der Waals surface area contributed by atoms with Crippen molar-refractivity contribution in [2.45, 2.75) is 81.6 Å². The van der Waals surface area contributed by atoms with Gasteiger partial charge in [-0.15, -0.1) is 0 Å². The standard InChI is InChI=1S/C17H38OSi/c1-14(2,3)10-17(13-18-19,11-15(4,5)6)12-16(7,8)9/h10-13H2,1-9,19H3. The van der Waals surface area contributed by atoms with Crippen LogP contribution < -0.4 is 0 Å². The van der Waals surface area contributed by atoms with Gasteiger partial charge in [-0.25, -0.2) is 0 Å². The Morgan fingerprint density at radius 1 is 0.632 bits per heavy atom. The monoisotopic (exact) mass is 286 g/mol. The second kappa shape index (κ2) is 6.30. The summed E-state index contributed by atoms with van der Waals surface area (Å²) in [5.74, 6) is 0. The van der Waals surface area contributed by atoms with E-state index in [1.165, 1.54) is 19.3 Å². The maximum Gasteiger partial charge on any atom is 0.145 e. The molecule has 0 aliphatic rings. The number of hydrogen-bond donors (Lipinski definition) is 0. The van der Waals surface area contributed by atoms with Gasteiger partial charge < -0.3 is 4.43 Å². The van der Waals surface area contributed by atoms with E-state index in [2.05, 4.69) is 62.3 Å². The molecular weight excluding hydrogens is 248 g/mol. The van der Waals surface area contributed by atoms with Crippen molar-refractivity contribution in [2.75, 3.05) is 6.61 Å². The molecule has 19 heavy (non-hydrogen) atoms. The molecule has 0 aromatic carbocycles. The van der Waals surface area contributed by atoms with E-state index in [1.54, 1.807) is 0 Å². The molecule has 0 aromatic rings. The predicted octanol–water partition coefficient (Wildman–Crippen LogP) is 4.58. The van der Waals surface area contributed by atoms with Crippen molar-refractivity contribution in [1.29, 1.82) is 0 Å². The minimum absolute atomic E-state index is 0.316. The fraction of sp³-hybridized carbons (Fsp3) is 1.00. The van der Waals surface area contributed by atoms with Gasteiger partial charge >= 0.3 is 0 Å². The lowest BCUT2D eigenvalue weighted by atomic mass is 9.61. The maximum atomic E-state index is 5.78. The molecule has 0 amide bonds. The molecule has 0 aliphatic carbocycles. The molecule has 0 heterocycles. The van der Waals surface area contributed by atoms with Gasteiger partial charge in [0.05, 0.1) is 0 Å². The van der Waals surface area contributed by atoms with E-state index in [1.807, 2.05) is 0 Å². The minimum Gasteiger partial charge on any atom is -0.427 e. The van der Waals surface area contributed by atoms with Gasteiger partial charge in [-0.05, 0) is 40.9 Å². The first-order valence-corrected chi connectivity index (χ1v) is 8.49. The molecule has 0 unspecified atom stereocenters. The SMILES string of the molecule is CC(C)(C)CC(CO[SiH3])(CC(C)(C)C)CC(C)(C)C. The van der Waals surface area contributed by atoms with Crippen LogP contribution in [0.25, 0.3) is 0 Å². The molecule has 0 saturated carbocycles. The molecule has 0 spiro atoms. The zero-order valence-electron chi connectivity index (χ0n) is 15.2. The lowest BCUT2D eigenvalue weighted by Crippen LogP contribution is -2.38. The first-order chi connectivity index (χ1) is 8.18. The summed E-state index contributed by atoms with van der Waals surface area (Å²) >= 11 is 0. The largest absolute Gasteiger partial charge is 0.427 e. The van der Waals surface area contributed by atoms with Crippen molar-refractivity contribution in [3.05, 3.63) is 0 Å². The molecule has 0 rings (SSSR count). The lowest BCUT2D eigenvalue weighted by Gasteiger charge is -2.46. The molecule has 0 saturated heterocycles. The smallest absolute Gasteiger partial charge is 0.145 e. The van der Waals surface area contributed by atoms with Gasteiger partial charge in [-0.3, -0.25) is 0 Å². The van der Waals surface area contributed by atoms with Gasteiger partial charge in [0.1, 0.15) is 10.5 Å². The Labute approximate surface area is 125 Å². The Morgan fingerprint density at radius 3 is 1.05 bits per heavy atom. The second-order valence-electron chi connectivity index (χ2n) is 10.1. The lowest BCUT2D eigenvalue weighted by molar-refractivity contribution is 0.0160. The summed E-state index contributed by atoms with van der Waals surface area (Å²) in [5, 5.41) is 0. The maximum absolute atomic E-state index is 5.78. The summed E-state index contributed by atoms with van der Waals surface area (Å²) in [6.45, 7) is 22.2. The quantitative estimate of drug-likeness (QED) is 0.672. The van der Waals surface area contributed by atoms with Gasteiger partial charge in [0.2, 0.25) is 0 Å². The Bertz CT molecular complexity index is 222. The Kier molecular flexibility index (Phi) is 6.36.